The second-order valence-corrected chi connectivity index (χ2v) is 6.69. The summed E-state index contributed by atoms with van der Waals surface area (Å²) >= 11 is 11.4. The van der Waals surface area contributed by atoms with E-state index in [-0.39, 0.29) is 15.6 Å². The van der Waals surface area contributed by atoms with Gasteiger partial charge in [0.05, 0.1) is 21.2 Å². The Balaban J connectivity index is 2.09. The van der Waals surface area contributed by atoms with Crippen molar-refractivity contribution < 1.29 is 32.4 Å². The van der Waals surface area contributed by atoms with Gasteiger partial charge in [-0.3, -0.25) is 14.8 Å². The van der Waals surface area contributed by atoms with E-state index in [2.05, 4.69) is 0 Å². The van der Waals surface area contributed by atoms with Gasteiger partial charge in [-0.05, 0) is 29.8 Å². The molecule has 28 heavy (non-hydrogen) atoms. The zero-order chi connectivity index (χ0) is 20.8. The van der Waals surface area contributed by atoms with Gasteiger partial charge in [0, 0.05) is 0 Å². The van der Waals surface area contributed by atoms with Crippen molar-refractivity contribution in [2.45, 2.75) is 12.3 Å². The molecule has 2 amide bonds. The van der Waals surface area contributed by atoms with Crippen molar-refractivity contribution in [1.29, 1.82) is 0 Å². The van der Waals surface area contributed by atoms with Gasteiger partial charge in [-0.2, -0.15) is 18.2 Å². The molecule has 0 aliphatic carbocycles. The van der Waals surface area contributed by atoms with E-state index in [1.165, 1.54) is 12.1 Å². The first-order valence-corrected chi connectivity index (χ1v) is 8.40. The van der Waals surface area contributed by atoms with Crippen LogP contribution in [0.5, 0.6) is 0 Å². The van der Waals surface area contributed by atoms with E-state index in [0.717, 1.165) is 23.1 Å². The number of alkyl halides is 3. The van der Waals surface area contributed by atoms with Crippen LogP contribution in [-0.2, 0) is 11.0 Å². The fraction of sp³-hybridized carbons (Fsp3) is 0.176. The normalized spacial score (nSPS) is 17.4. The Bertz CT molecular complexity index is 948. The van der Waals surface area contributed by atoms with Crippen LogP contribution in [0.15, 0.2) is 36.4 Å². The summed E-state index contributed by atoms with van der Waals surface area (Å²) in [6.07, 6.45) is -6.42. The maximum atomic E-state index is 14.1. The molecular formula is C17H10Cl2F4N2O3. The summed E-state index contributed by atoms with van der Waals surface area (Å²) in [6.45, 7) is -0.686. The number of amides is 2. The lowest BCUT2D eigenvalue weighted by Crippen LogP contribution is -2.35. The molecule has 1 aliphatic heterocycles. The number of hydrogen-bond acceptors (Lipinski definition) is 3. The maximum absolute atomic E-state index is 14.1. The summed E-state index contributed by atoms with van der Waals surface area (Å²) in [5, 5.41) is 9.29. The third kappa shape index (κ3) is 3.52. The number of hydroxylamine groups is 2. The standard InChI is InChI=1S/C17H10Cl2F4N2O3/c18-10-5-4-8(6-9(10)17(21,22)23)15-24(7-13(26)25(15)28)16(27)14-11(19)2-1-3-12(14)20/h1-6,15,28H,7H2. The Labute approximate surface area is 165 Å². The smallest absolute Gasteiger partial charge is 0.302 e. The van der Waals surface area contributed by atoms with E-state index in [0.29, 0.717) is 6.07 Å². The van der Waals surface area contributed by atoms with Crippen molar-refractivity contribution in [1.82, 2.24) is 9.96 Å². The molecule has 1 fully saturated rings. The van der Waals surface area contributed by atoms with E-state index >= 15 is 0 Å². The molecule has 0 aromatic heterocycles. The third-order valence-corrected chi connectivity index (χ3v) is 4.76. The lowest BCUT2D eigenvalue weighted by molar-refractivity contribution is -0.168. The van der Waals surface area contributed by atoms with Gasteiger partial charge in [0.1, 0.15) is 12.4 Å². The predicted octanol–water partition coefficient (Wildman–Crippen LogP) is 4.52. The molecule has 1 heterocycles. The van der Waals surface area contributed by atoms with Crippen LogP contribution in [0.3, 0.4) is 0 Å². The van der Waals surface area contributed by atoms with E-state index in [1.54, 1.807) is 0 Å². The van der Waals surface area contributed by atoms with Crippen molar-refractivity contribution in [3.63, 3.8) is 0 Å². The van der Waals surface area contributed by atoms with Gasteiger partial charge in [0.25, 0.3) is 11.8 Å². The SMILES string of the molecule is O=C1CN(C(=O)c2c(F)cccc2Cl)C(c2ccc(Cl)c(C(F)(F)F)c2)N1O. The Morgan fingerprint density at radius 3 is 2.43 bits per heavy atom. The van der Waals surface area contributed by atoms with Crippen LogP contribution in [-0.4, -0.2) is 33.5 Å². The highest BCUT2D eigenvalue weighted by Gasteiger charge is 2.44. The monoisotopic (exact) mass is 436 g/mol. The zero-order valence-electron chi connectivity index (χ0n) is 13.7. The molecule has 1 N–H and O–H groups in total. The van der Waals surface area contributed by atoms with Crippen LogP contribution in [0.2, 0.25) is 10.0 Å². The highest BCUT2D eigenvalue weighted by Crippen LogP contribution is 2.39. The molecule has 1 atom stereocenters. The fourth-order valence-electron chi connectivity index (χ4n) is 2.84. The van der Waals surface area contributed by atoms with Crippen molar-refractivity contribution in [3.8, 4) is 0 Å². The van der Waals surface area contributed by atoms with Gasteiger partial charge in [-0.25, -0.2) is 4.39 Å². The molecule has 1 aliphatic rings. The van der Waals surface area contributed by atoms with E-state index in [1.807, 2.05) is 0 Å². The highest BCUT2D eigenvalue weighted by molar-refractivity contribution is 6.34. The lowest BCUT2D eigenvalue weighted by atomic mass is 10.1. The zero-order valence-corrected chi connectivity index (χ0v) is 15.2. The molecule has 3 rings (SSSR count). The molecule has 2 aromatic carbocycles. The third-order valence-electron chi connectivity index (χ3n) is 4.12. The Morgan fingerprint density at radius 2 is 1.82 bits per heavy atom. The van der Waals surface area contributed by atoms with Gasteiger partial charge < -0.3 is 4.90 Å². The van der Waals surface area contributed by atoms with Gasteiger partial charge in [0.15, 0.2) is 6.17 Å². The van der Waals surface area contributed by atoms with E-state index < -0.39 is 52.7 Å². The van der Waals surface area contributed by atoms with Gasteiger partial charge in [-0.15, -0.1) is 0 Å². The largest absolute Gasteiger partial charge is 0.417 e. The molecule has 1 saturated heterocycles. The van der Waals surface area contributed by atoms with Gasteiger partial charge in [-0.1, -0.05) is 35.3 Å². The number of benzene rings is 2. The minimum absolute atomic E-state index is 0.107. The van der Waals surface area contributed by atoms with E-state index in [4.69, 9.17) is 23.2 Å². The molecule has 0 radical (unpaired) electrons. The fourth-order valence-corrected chi connectivity index (χ4v) is 3.31. The first-order valence-electron chi connectivity index (χ1n) is 7.65. The van der Waals surface area contributed by atoms with Crippen molar-refractivity contribution in [3.05, 3.63) is 69.0 Å². The summed E-state index contributed by atoms with van der Waals surface area (Å²) in [5.41, 5.74) is -2.02. The van der Waals surface area contributed by atoms with Crippen LogP contribution in [0, 0.1) is 5.82 Å². The topological polar surface area (TPSA) is 60.9 Å². The van der Waals surface area contributed by atoms with Crippen molar-refractivity contribution in [2.75, 3.05) is 6.54 Å². The number of carbonyl (C=O) groups is 2. The average Bonchev–Trinajstić information content (AvgIpc) is 2.89. The van der Waals surface area contributed by atoms with Gasteiger partial charge in [0.2, 0.25) is 0 Å². The quantitative estimate of drug-likeness (QED) is 0.555. The molecule has 148 valence electrons. The highest BCUT2D eigenvalue weighted by atomic mass is 35.5. The number of carbonyl (C=O) groups excluding carboxylic acids is 2. The summed E-state index contributed by atoms with van der Waals surface area (Å²) in [4.78, 5) is 25.4. The number of hydrogen-bond donors (Lipinski definition) is 1. The lowest BCUT2D eigenvalue weighted by Gasteiger charge is -2.27. The summed E-state index contributed by atoms with van der Waals surface area (Å²) in [7, 11) is 0. The second-order valence-electron chi connectivity index (χ2n) is 5.88. The number of rotatable bonds is 2. The Kier molecular flexibility index (Phi) is 5.26. The number of nitrogens with zero attached hydrogens (tertiary/aromatic N) is 2. The molecule has 2 aromatic rings. The molecular weight excluding hydrogens is 427 g/mol. The molecule has 0 spiro atoms. The molecule has 11 heteroatoms. The second kappa shape index (κ2) is 7.23. The van der Waals surface area contributed by atoms with Gasteiger partial charge >= 0.3 is 6.18 Å². The summed E-state index contributed by atoms with van der Waals surface area (Å²) in [6, 6.07) is 6.12. The van der Waals surface area contributed by atoms with Crippen LogP contribution in [0.1, 0.15) is 27.7 Å². The first-order chi connectivity index (χ1) is 13.0. The van der Waals surface area contributed by atoms with E-state index in [9.17, 15) is 32.4 Å². The van der Waals surface area contributed by atoms with Crippen LogP contribution in [0.25, 0.3) is 0 Å². The van der Waals surface area contributed by atoms with Crippen LogP contribution < -0.4 is 0 Å². The molecule has 1 unspecified atom stereocenters. The number of halogens is 6. The molecule has 0 saturated carbocycles. The minimum atomic E-state index is -4.81. The first kappa shape index (κ1) is 20.4. The average molecular weight is 437 g/mol. The van der Waals surface area contributed by atoms with Crippen LogP contribution >= 0.6 is 23.2 Å². The minimum Gasteiger partial charge on any atom is -0.302 e. The predicted molar refractivity (Wildman–Crippen MR) is 90.3 cm³/mol. The Morgan fingerprint density at radius 1 is 1.14 bits per heavy atom. The van der Waals surface area contributed by atoms with Crippen molar-refractivity contribution in [2.24, 2.45) is 0 Å². The van der Waals surface area contributed by atoms with Crippen molar-refractivity contribution >= 4 is 35.0 Å². The van der Waals surface area contributed by atoms with Crippen LogP contribution in [0.4, 0.5) is 17.6 Å². The molecule has 5 nitrogen and oxygen atoms in total. The Hall–Kier alpha value is -2.36. The summed E-state index contributed by atoms with van der Waals surface area (Å²) in [5.74, 6) is -3.01. The maximum Gasteiger partial charge on any atom is 0.417 e. The molecule has 0 bridgehead atoms. The summed E-state index contributed by atoms with van der Waals surface area (Å²) < 4.78 is 53.5.